The van der Waals surface area contributed by atoms with E-state index < -0.39 is 0 Å². The van der Waals surface area contributed by atoms with E-state index in [2.05, 4.69) is 41.1 Å². The minimum atomic E-state index is 0.367. The van der Waals surface area contributed by atoms with Gasteiger partial charge in [0.15, 0.2) is 0 Å². The lowest BCUT2D eigenvalue weighted by Gasteiger charge is -1.99. The van der Waals surface area contributed by atoms with Crippen molar-refractivity contribution in [1.29, 1.82) is 0 Å². The van der Waals surface area contributed by atoms with E-state index in [4.69, 9.17) is 4.74 Å². The van der Waals surface area contributed by atoms with Crippen molar-refractivity contribution in [2.75, 3.05) is 6.61 Å². The van der Waals surface area contributed by atoms with Crippen molar-refractivity contribution in [2.24, 2.45) is 0 Å². The van der Waals surface area contributed by atoms with Crippen LogP contribution < -0.4 is 0 Å². The Morgan fingerprint density at radius 2 is 2.27 bits per heavy atom. The Labute approximate surface area is 74.5 Å². The summed E-state index contributed by atoms with van der Waals surface area (Å²) in [4.78, 5) is 0. The molecular formula is C9H9BrO. The SMILES string of the molecule is Cc1ccc([C@H]2CO2)cc1Br. The van der Waals surface area contributed by atoms with Crippen LogP contribution in [0.2, 0.25) is 0 Å². The average Bonchev–Trinajstić information content (AvgIpc) is 2.77. The van der Waals surface area contributed by atoms with Crippen LogP contribution in [-0.4, -0.2) is 6.61 Å². The van der Waals surface area contributed by atoms with Crippen LogP contribution in [0.25, 0.3) is 0 Å². The number of ether oxygens (including phenoxy) is 1. The van der Waals surface area contributed by atoms with E-state index >= 15 is 0 Å². The van der Waals surface area contributed by atoms with Crippen LogP contribution in [0.1, 0.15) is 17.2 Å². The molecule has 0 aromatic heterocycles. The third-order valence-corrected chi connectivity index (χ3v) is 2.76. The molecule has 1 atom stereocenters. The lowest BCUT2D eigenvalue weighted by molar-refractivity contribution is 0.415. The molecule has 1 aromatic rings. The minimum Gasteiger partial charge on any atom is -0.368 e. The van der Waals surface area contributed by atoms with Crippen molar-refractivity contribution < 1.29 is 4.74 Å². The number of benzene rings is 1. The number of halogens is 1. The average molecular weight is 213 g/mol. The summed E-state index contributed by atoms with van der Waals surface area (Å²) in [6.45, 7) is 2.97. The van der Waals surface area contributed by atoms with Gasteiger partial charge in [-0.2, -0.15) is 0 Å². The molecule has 2 heteroatoms. The molecule has 1 aliphatic rings. The van der Waals surface area contributed by atoms with Gasteiger partial charge < -0.3 is 4.74 Å². The van der Waals surface area contributed by atoms with Crippen LogP contribution in [-0.2, 0) is 4.74 Å². The van der Waals surface area contributed by atoms with E-state index in [9.17, 15) is 0 Å². The fourth-order valence-electron chi connectivity index (χ4n) is 1.05. The zero-order valence-corrected chi connectivity index (χ0v) is 7.89. The van der Waals surface area contributed by atoms with Crippen molar-refractivity contribution in [2.45, 2.75) is 13.0 Å². The van der Waals surface area contributed by atoms with Crippen molar-refractivity contribution in [3.63, 3.8) is 0 Å². The van der Waals surface area contributed by atoms with Crippen molar-refractivity contribution in [3.8, 4) is 0 Å². The number of rotatable bonds is 1. The molecule has 2 rings (SSSR count). The highest BCUT2D eigenvalue weighted by molar-refractivity contribution is 9.10. The van der Waals surface area contributed by atoms with Gasteiger partial charge in [0.1, 0.15) is 6.10 Å². The molecule has 1 nitrogen and oxygen atoms in total. The van der Waals surface area contributed by atoms with E-state index in [1.165, 1.54) is 15.6 Å². The molecule has 0 bridgehead atoms. The monoisotopic (exact) mass is 212 g/mol. The number of epoxide rings is 1. The summed E-state index contributed by atoms with van der Waals surface area (Å²) >= 11 is 3.49. The molecular weight excluding hydrogens is 204 g/mol. The third kappa shape index (κ3) is 1.47. The largest absolute Gasteiger partial charge is 0.368 e. The van der Waals surface area contributed by atoms with E-state index in [0.29, 0.717) is 6.10 Å². The highest BCUT2D eigenvalue weighted by Crippen LogP contribution is 2.32. The van der Waals surface area contributed by atoms with Gasteiger partial charge in [-0.05, 0) is 24.1 Å². The third-order valence-electron chi connectivity index (χ3n) is 1.90. The maximum atomic E-state index is 5.17. The first-order valence-electron chi connectivity index (χ1n) is 3.65. The predicted octanol–water partition coefficient (Wildman–Crippen LogP) is 2.83. The summed E-state index contributed by atoms with van der Waals surface area (Å²) in [6, 6.07) is 6.37. The van der Waals surface area contributed by atoms with Crippen LogP contribution >= 0.6 is 15.9 Å². The topological polar surface area (TPSA) is 12.5 Å². The summed E-state index contributed by atoms with van der Waals surface area (Å²) in [5.41, 5.74) is 2.55. The van der Waals surface area contributed by atoms with Crippen LogP contribution in [0.3, 0.4) is 0 Å². The Hall–Kier alpha value is -0.340. The summed E-state index contributed by atoms with van der Waals surface area (Å²) in [5.74, 6) is 0. The first kappa shape index (κ1) is 7.32. The quantitative estimate of drug-likeness (QED) is 0.653. The molecule has 0 amide bonds. The van der Waals surface area contributed by atoms with Gasteiger partial charge in [0.05, 0.1) is 6.61 Å². The van der Waals surface area contributed by atoms with Gasteiger partial charge in [-0.25, -0.2) is 0 Å². The summed E-state index contributed by atoms with van der Waals surface area (Å²) in [7, 11) is 0. The van der Waals surface area contributed by atoms with Crippen LogP contribution in [0.15, 0.2) is 22.7 Å². The molecule has 1 aliphatic heterocycles. The highest BCUT2D eigenvalue weighted by atomic mass is 79.9. The molecule has 1 fully saturated rings. The second-order valence-corrected chi connectivity index (χ2v) is 3.68. The Morgan fingerprint density at radius 1 is 1.55 bits per heavy atom. The Balaban J connectivity index is 2.36. The fourth-order valence-corrected chi connectivity index (χ4v) is 1.45. The van der Waals surface area contributed by atoms with Gasteiger partial charge in [-0.15, -0.1) is 0 Å². The van der Waals surface area contributed by atoms with Gasteiger partial charge in [0, 0.05) is 4.47 Å². The fraction of sp³-hybridized carbons (Fsp3) is 0.333. The number of aryl methyl sites for hydroxylation is 1. The lowest BCUT2D eigenvalue weighted by Crippen LogP contribution is -1.82. The zero-order valence-electron chi connectivity index (χ0n) is 6.30. The van der Waals surface area contributed by atoms with Crippen molar-refractivity contribution >= 4 is 15.9 Å². The summed E-state index contributed by atoms with van der Waals surface area (Å²) in [5, 5.41) is 0. The number of hydrogen-bond acceptors (Lipinski definition) is 1. The summed E-state index contributed by atoms with van der Waals surface area (Å²) < 4.78 is 6.34. The molecule has 0 unspecified atom stereocenters. The van der Waals surface area contributed by atoms with Gasteiger partial charge in [-0.1, -0.05) is 28.1 Å². The standard InChI is InChI=1S/C9H9BrO/c1-6-2-3-7(4-8(6)10)9-5-11-9/h2-4,9H,5H2,1H3/t9-/m1/s1. The molecule has 0 radical (unpaired) electrons. The smallest absolute Gasteiger partial charge is 0.106 e. The maximum Gasteiger partial charge on any atom is 0.106 e. The Kier molecular flexibility index (Phi) is 1.74. The molecule has 11 heavy (non-hydrogen) atoms. The number of hydrogen-bond donors (Lipinski definition) is 0. The Bertz CT molecular complexity index is 279. The van der Waals surface area contributed by atoms with E-state index in [-0.39, 0.29) is 0 Å². The molecule has 0 aliphatic carbocycles. The summed E-state index contributed by atoms with van der Waals surface area (Å²) in [6.07, 6.45) is 0.367. The maximum absolute atomic E-state index is 5.17. The second-order valence-electron chi connectivity index (χ2n) is 2.83. The van der Waals surface area contributed by atoms with E-state index in [0.717, 1.165) is 6.61 Å². The van der Waals surface area contributed by atoms with Gasteiger partial charge >= 0.3 is 0 Å². The van der Waals surface area contributed by atoms with Crippen LogP contribution in [0, 0.1) is 6.92 Å². The first-order chi connectivity index (χ1) is 5.27. The molecule has 0 saturated carbocycles. The highest BCUT2D eigenvalue weighted by Gasteiger charge is 2.24. The van der Waals surface area contributed by atoms with E-state index in [1.54, 1.807) is 0 Å². The normalized spacial score (nSPS) is 21.8. The van der Waals surface area contributed by atoms with Crippen LogP contribution in [0.4, 0.5) is 0 Å². The van der Waals surface area contributed by atoms with E-state index in [1.807, 2.05) is 0 Å². The van der Waals surface area contributed by atoms with Gasteiger partial charge in [-0.3, -0.25) is 0 Å². The van der Waals surface area contributed by atoms with Crippen molar-refractivity contribution in [1.82, 2.24) is 0 Å². The molecule has 1 heterocycles. The molecule has 58 valence electrons. The molecule has 1 saturated heterocycles. The van der Waals surface area contributed by atoms with Crippen molar-refractivity contribution in [3.05, 3.63) is 33.8 Å². The first-order valence-corrected chi connectivity index (χ1v) is 4.44. The van der Waals surface area contributed by atoms with Gasteiger partial charge in [0.25, 0.3) is 0 Å². The minimum absolute atomic E-state index is 0.367. The predicted molar refractivity (Wildman–Crippen MR) is 47.6 cm³/mol. The molecule has 0 N–H and O–H groups in total. The zero-order chi connectivity index (χ0) is 7.84. The van der Waals surface area contributed by atoms with Gasteiger partial charge in [0.2, 0.25) is 0 Å². The second kappa shape index (κ2) is 2.61. The molecule has 0 spiro atoms. The lowest BCUT2D eigenvalue weighted by atomic mass is 10.1. The Morgan fingerprint density at radius 3 is 2.82 bits per heavy atom. The molecule has 1 aromatic carbocycles. The van der Waals surface area contributed by atoms with Crippen LogP contribution in [0.5, 0.6) is 0 Å².